The van der Waals surface area contributed by atoms with Crippen LogP contribution < -0.4 is 0 Å². The van der Waals surface area contributed by atoms with Crippen molar-refractivity contribution < 1.29 is 14.7 Å². The normalized spacial score (nSPS) is 25.1. The van der Waals surface area contributed by atoms with Crippen LogP contribution in [0.3, 0.4) is 0 Å². The van der Waals surface area contributed by atoms with Gasteiger partial charge >= 0.3 is 5.97 Å². The molecule has 114 valence electrons. The molecule has 5 heteroatoms. The lowest BCUT2D eigenvalue weighted by molar-refractivity contribution is -0.150. The Hall–Kier alpha value is -1.10. The molecular weight excluding hydrogens is 256 g/mol. The van der Waals surface area contributed by atoms with E-state index in [0.717, 1.165) is 26.2 Å². The van der Waals surface area contributed by atoms with Crippen molar-refractivity contribution in [2.24, 2.45) is 11.3 Å². The van der Waals surface area contributed by atoms with Crippen LogP contribution in [0.5, 0.6) is 0 Å². The van der Waals surface area contributed by atoms with E-state index in [-0.39, 0.29) is 17.7 Å². The average molecular weight is 282 g/mol. The molecule has 20 heavy (non-hydrogen) atoms. The summed E-state index contributed by atoms with van der Waals surface area (Å²) < 4.78 is 0. The van der Waals surface area contributed by atoms with Crippen LogP contribution in [0.15, 0.2) is 0 Å². The van der Waals surface area contributed by atoms with Gasteiger partial charge in [-0.1, -0.05) is 20.8 Å². The molecule has 0 radical (unpaired) electrons. The molecule has 1 aliphatic carbocycles. The van der Waals surface area contributed by atoms with E-state index >= 15 is 0 Å². The van der Waals surface area contributed by atoms with Crippen LogP contribution in [0.4, 0.5) is 0 Å². The summed E-state index contributed by atoms with van der Waals surface area (Å²) in [5.41, 5.74) is 0.0652. The summed E-state index contributed by atoms with van der Waals surface area (Å²) in [6, 6.07) is -0.487. The Labute approximate surface area is 120 Å². The van der Waals surface area contributed by atoms with Gasteiger partial charge in [0.05, 0.1) is 12.5 Å². The zero-order valence-electron chi connectivity index (χ0n) is 12.8. The number of carboxylic acid groups (broad SMARTS) is 1. The van der Waals surface area contributed by atoms with Crippen LogP contribution in [0.1, 0.15) is 40.0 Å². The van der Waals surface area contributed by atoms with Gasteiger partial charge in [-0.25, -0.2) is 0 Å². The first kappa shape index (κ1) is 15.3. The molecule has 2 rings (SSSR count). The van der Waals surface area contributed by atoms with Crippen molar-refractivity contribution in [2.75, 3.05) is 26.2 Å². The molecule has 1 aliphatic heterocycles. The summed E-state index contributed by atoms with van der Waals surface area (Å²) in [5.74, 6) is -0.232. The van der Waals surface area contributed by atoms with Crippen LogP contribution in [0.2, 0.25) is 0 Å². The minimum Gasteiger partial charge on any atom is -0.481 e. The van der Waals surface area contributed by atoms with Gasteiger partial charge in [0, 0.05) is 26.2 Å². The predicted octanol–water partition coefficient (Wildman–Crippen LogP) is 1.43. The van der Waals surface area contributed by atoms with Crippen molar-refractivity contribution in [1.82, 2.24) is 9.80 Å². The second kappa shape index (κ2) is 5.72. The Morgan fingerprint density at radius 3 is 2.45 bits per heavy atom. The highest BCUT2D eigenvalue weighted by Gasteiger charge is 2.39. The number of hydrogen-bond acceptors (Lipinski definition) is 3. The number of hydrogen-bond donors (Lipinski definition) is 1. The fourth-order valence-corrected chi connectivity index (χ4v) is 2.86. The van der Waals surface area contributed by atoms with Crippen molar-refractivity contribution >= 4 is 11.9 Å². The number of carbonyl (C=O) groups is 2. The van der Waals surface area contributed by atoms with Gasteiger partial charge in [0.2, 0.25) is 5.91 Å². The van der Waals surface area contributed by atoms with Crippen molar-refractivity contribution in [2.45, 2.75) is 46.1 Å². The molecule has 1 N–H and O–H groups in total. The van der Waals surface area contributed by atoms with Crippen molar-refractivity contribution in [3.05, 3.63) is 0 Å². The summed E-state index contributed by atoms with van der Waals surface area (Å²) in [5, 5.41) is 9.08. The summed E-state index contributed by atoms with van der Waals surface area (Å²) in [6.45, 7) is 9.45. The number of aliphatic carboxylic acids is 1. The highest BCUT2D eigenvalue weighted by molar-refractivity contribution is 5.86. The molecule has 1 amide bonds. The molecule has 2 aliphatic rings. The molecule has 1 saturated heterocycles. The van der Waals surface area contributed by atoms with E-state index in [2.05, 4.69) is 25.7 Å². The molecule has 2 fully saturated rings. The first-order valence-electron chi connectivity index (χ1n) is 7.51. The molecule has 0 aromatic heterocycles. The number of rotatable bonds is 5. The lowest BCUT2D eigenvalue weighted by Crippen LogP contribution is -2.59. The van der Waals surface area contributed by atoms with Gasteiger partial charge < -0.3 is 10.0 Å². The van der Waals surface area contributed by atoms with Crippen molar-refractivity contribution in [3.8, 4) is 0 Å². The van der Waals surface area contributed by atoms with E-state index in [0.29, 0.717) is 5.92 Å². The van der Waals surface area contributed by atoms with Gasteiger partial charge in [-0.3, -0.25) is 14.5 Å². The zero-order chi connectivity index (χ0) is 14.9. The van der Waals surface area contributed by atoms with E-state index in [4.69, 9.17) is 5.11 Å². The lowest BCUT2D eigenvalue weighted by atomic mass is 9.93. The summed E-state index contributed by atoms with van der Waals surface area (Å²) in [7, 11) is 0. The van der Waals surface area contributed by atoms with Crippen LogP contribution in [0, 0.1) is 11.3 Å². The zero-order valence-corrected chi connectivity index (χ0v) is 12.8. The van der Waals surface area contributed by atoms with Crippen LogP contribution in [-0.4, -0.2) is 59.0 Å². The number of amides is 1. The monoisotopic (exact) mass is 282 g/mol. The highest BCUT2D eigenvalue weighted by atomic mass is 16.4. The van der Waals surface area contributed by atoms with E-state index in [1.54, 1.807) is 0 Å². The van der Waals surface area contributed by atoms with E-state index in [9.17, 15) is 9.59 Å². The predicted molar refractivity (Wildman–Crippen MR) is 76.4 cm³/mol. The largest absolute Gasteiger partial charge is 0.481 e. The number of piperazine rings is 1. The Kier molecular flexibility index (Phi) is 4.37. The Bertz CT molecular complexity index is 385. The van der Waals surface area contributed by atoms with E-state index in [1.165, 1.54) is 12.8 Å². The number of carbonyl (C=O) groups excluding carboxylic acids is 1. The standard InChI is InChI=1S/C15H26N2O3/c1-15(2,3)10-17-7-6-16(9-11-4-5-11)14(20)12(17)8-13(18)19/h11-12H,4-10H2,1-3H3,(H,18,19). The first-order valence-corrected chi connectivity index (χ1v) is 7.51. The number of carboxylic acids is 1. The van der Waals surface area contributed by atoms with Gasteiger partial charge in [0.1, 0.15) is 0 Å². The molecule has 1 heterocycles. The topological polar surface area (TPSA) is 60.9 Å². The van der Waals surface area contributed by atoms with Gasteiger partial charge in [0.15, 0.2) is 0 Å². The average Bonchev–Trinajstić information content (AvgIpc) is 3.09. The molecule has 1 atom stereocenters. The molecule has 1 unspecified atom stereocenters. The van der Waals surface area contributed by atoms with Gasteiger partial charge in [-0.2, -0.15) is 0 Å². The molecule has 1 saturated carbocycles. The maximum atomic E-state index is 12.5. The maximum absolute atomic E-state index is 12.5. The third kappa shape index (κ3) is 4.20. The molecular formula is C15H26N2O3. The molecule has 0 aromatic rings. The SMILES string of the molecule is CC(C)(C)CN1CCN(CC2CC2)C(=O)C1CC(=O)O. The fourth-order valence-electron chi connectivity index (χ4n) is 2.86. The van der Waals surface area contributed by atoms with Crippen LogP contribution in [-0.2, 0) is 9.59 Å². The lowest BCUT2D eigenvalue weighted by Gasteiger charge is -2.42. The third-order valence-corrected chi connectivity index (χ3v) is 3.92. The smallest absolute Gasteiger partial charge is 0.305 e. The first-order chi connectivity index (χ1) is 9.26. The van der Waals surface area contributed by atoms with Gasteiger partial charge in [-0.15, -0.1) is 0 Å². The van der Waals surface area contributed by atoms with Gasteiger partial charge in [0.25, 0.3) is 0 Å². The summed E-state index contributed by atoms with van der Waals surface area (Å²) >= 11 is 0. The molecule has 0 aromatic carbocycles. The van der Waals surface area contributed by atoms with Gasteiger partial charge in [-0.05, 0) is 24.2 Å². The van der Waals surface area contributed by atoms with Crippen LogP contribution in [0.25, 0.3) is 0 Å². The summed E-state index contributed by atoms with van der Waals surface area (Å²) in [6.07, 6.45) is 2.33. The Morgan fingerprint density at radius 2 is 1.95 bits per heavy atom. The maximum Gasteiger partial charge on any atom is 0.305 e. The van der Waals surface area contributed by atoms with E-state index < -0.39 is 12.0 Å². The second-order valence-corrected chi connectivity index (χ2v) is 7.37. The van der Waals surface area contributed by atoms with Crippen molar-refractivity contribution in [3.63, 3.8) is 0 Å². The molecule has 0 bridgehead atoms. The second-order valence-electron chi connectivity index (χ2n) is 7.37. The third-order valence-electron chi connectivity index (χ3n) is 3.92. The van der Waals surface area contributed by atoms with Crippen molar-refractivity contribution in [1.29, 1.82) is 0 Å². The quantitative estimate of drug-likeness (QED) is 0.828. The summed E-state index contributed by atoms with van der Waals surface area (Å²) in [4.78, 5) is 27.5. The number of nitrogens with zero attached hydrogens (tertiary/aromatic N) is 2. The Balaban J connectivity index is 2.05. The molecule has 5 nitrogen and oxygen atoms in total. The Morgan fingerprint density at radius 1 is 1.30 bits per heavy atom. The van der Waals surface area contributed by atoms with E-state index in [1.807, 2.05) is 4.90 Å². The van der Waals surface area contributed by atoms with Crippen LogP contribution >= 0.6 is 0 Å². The highest BCUT2D eigenvalue weighted by Crippen LogP contribution is 2.31. The minimum atomic E-state index is -0.893. The fraction of sp³-hybridized carbons (Fsp3) is 0.867. The molecule has 0 spiro atoms. The minimum absolute atomic E-state index is 0.00907.